The molecule has 0 heterocycles. The Morgan fingerprint density at radius 1 is 1.30 bits per heavy atom. The SMILES string of the molecule is CCOC(=O)CCNCc1ccccc1OC(F)(F)F. The van der Waals surface area contributed by atoms with Gasteiger partial charge in [0.05, 0.1) is 13.0 Å². The normalized spacial score (nSPS) is 11.2. The number of alkyl halides is 3. The van der Waals surface area contributed by atoms with E-state index in [1.807, 2.05) is 0 Å². The van der Waals surface area contributed by atoms with E-state index in [9.17, 15) is 18.0 Å². The third-order valence-corrected chi connectivity index (χ3v) is 2.32. The van der Waals surface area contributed by atoms with Gasteiger partial charge in [-0.2, -0.15) is 0 Å². The summed E-state index contributed by atoms with van der Waals surface area (Å²) in [5.41, 5.74) is 0.369. The first-order valence-corrected chi connectivity index (χ1v) is 6.12. The molecule has 0 saturated heterocycles. The molecule has 7 heteroatoms. The molecule has 0 saturated carbocycles. The van der Waals surface area contributed by atoms with Gasteiger partial charge in [-0.25, -0.2) is 0 Å². The van der Waals surface area contributed by atoms with Gasteiger partial charge in [-0.15, -0.1) is 13.2 Å². The maximum Gasteiger partial charge on any atom is 0.573 e. The van der Waals surface area contributed by atoms with Crippen molar-refractivity contribution < 1.29 is 27.4 Å². The van der Waals surface area contributed by atoms with Crippen molar-refractivity contribution in [3.8, 4) is 5.75 Å². The van der Waals surface area contributed by atoms with Gasteiger partial charge in [-0.05, 0) is 13.0 Å². The van der Waals surface area contributed by atoms with Crippen molar-refractivity contribution in [1.82, 2.24) is 5.32 Å². The standard InChI is InChI=1S/C13H16F3NO3/c1-2-19-12(18)7-8-17-9-10-5-3-4-6-11(10)20-13(14,15)16/h3-6,17H,2,7-9H2,1H3. The summed E-state index contributed by atoms with van der Waals surface area (Å²) >= 11 is 0. The molecule has 0 fully saturated rings. The van der Waals surface area contributed by atoms with Crippen molar-refractivity contribution in [3.05, 3.63) is 29.8 Å². The number of para-hydroxylation sites is 1. The molecule has 0 aliphatic heterocycles. The lowest BCUT2D eigenvalue weighted by molar-refractivity contribution is -0.274. The molecule has 0 unspecified atom stereocenters. The van der Waals surface area contributed by atoms with Crippen LogP contribution in [0, 0.1) is 0 Å². The van der Waals surface area contributed by atoms with Crippen molar-refractivity contribution in [2.45, 2.75) is 26.3 Å². The molecule has 4 nitrogen and oxygen atoms in total. The molecule has 112 valence electrons. The molecule has 0 amide bonds. The van der Waals surface area contributed by atoms with E-state index in [2.05, 4.69) is 10.1 Å². The highest BCUT2D eigenvalue weighted by molar-refractivity contribution is 5.69. The molecule has 0 aliphatic carbocycles. The molecule has 1 aromatic carbocycles. The van der Waals surface area contributed by atoms with Gasteiger partial charge in [0.2, 0.25) is 0 Å². The van der Waals surface area contributed by atoms with Gasteiger partial charge in [-0.3, -0.25) is 4.79 Å². The van der Waals surface area contributed by atoms with Crippen molar-refractivity contribution in [2.75, 3.05) is 13.2 Å². The summed E-state index contributed by atoms with van der Waals surface area (Å²) in [5, 5.41) is 2.87. The van der Waals surface area contributed by atoms with Crippen LogP contribution in [-0.2, 0) is 16.1 Å². The van der Waals surface area contributed by atoms with E-state index in [-0.39, 0.29) is 24.7 Å². The van der Waals surface area contributed by atoms with Crippen LogP contribution in [0.4, 0.5) is 13.2 Å². The third-order valence-electron chi connectivity index (χ3n) is 2.32. The van der Waals surface area contributed by atoms with Crippen LogP contribution in [-0.4, -0.2) is 25.5 Å². The molecule has 1 aromatic rings. The summed E-state index contributed by atoms with van der Waals surface area (Å²) in [7, 11) is 0. The maximum atomic E-state index is 12.2. The molecule has 0 aromatic heterocycles. The van der Waals surface area contributed by atoms with Crippen LogP contribution in [0.3, 0.4) is 0 Å². The van der Waals surface area contributed by atoms with E-state index in [1.54, 1.807) is 13.0 Å². The van der Waals surface area contributed by atoms with Gasteiger partial charge in [0.25, 0.3) is 0 Å². The van der Waals surface area contributed by atoms with Crippen LogP contribution < -0.4 is 10.1 Å². The minimum atomic E-state index is -4.72. The van der Waals surface area contributed by atoms with Crippen LogP contribution in [0.2, 0.25) is 0 Å². The molecular weight excluding hydrogens is 275 g/mol. The first-order chi connectivity index (χ1) is 9.42. The zero-order valence-corrected chi connectivity index (χ0v) is 11.0. The van der Waals surface area contributed by atoms with Gasteiger partial charge in [-0.1, -0.05) is 18.2 Å². The first-order valence-electron chi connectivity index (χ1n) is 6.12. The number of nitrogens with one attached hydrogen (secondary N) is 1. The third kappa shape index (κ3) is 6.42. The van der Waals surface area contributed by atoms with Crippen molar-refractivity contribution >= 4 is 5.97 Å². The summed E-state index contributed by atoms with van der Waals surface area (Å²) in [6, 6.07) is 5.85. The van der Waals surface area contributed by atoms with Crippen molar-refractivity contribution in [2.24, 2.45) is 0 Å². The Balaban J connectivity index is 2.46. The second kappa shape index (κ2) is 7.74. The predicted octanol–water partition coefficient (Wildman–Crippen LogP) is 2.63. The largest absolute Gasteiger partial charge is 0.573 e. The van der Waals surface area contributed by atoms with E-state index in [1.165, 1.54) is 18.2 Å². The lowest BCUT2D eigenvalue weighted by atomic mass is 10.2. The van der Waals surface area contributed by atoms with E-state index >= 15 is 0 Å². The van der Waals surface area contributed by atoms with Crippen molar-refractivity contribution in [3.63, 3.8) is 0 Å². The molecule has 20 heavy (non-hydrogen) atoms. The van der Waals surface area contributed by atoms with E-state index in [4.69, 9.17) is 4.74 Å². The van der Waals surface area contributed by atoms with Gasteiger partial charge < -0.3 is 14.8 Å². The average Bonchev–Trinajstić information content (AvgIpc) is 2.35. The number of hydrogen-bond acceptors (Lipinski definition) is 4. The number of carbonyl (C=O) groups excluding carboxylic acids is 1. The van der Waals surface area contributed by atoms with Gasteiger partial charge >= 0.3 is 12.3 Å². The molecule has 0 radical (unpaired) electrons. The molecule has 0 atom stereocenters. The van der Waals surface area contributed by atoms with Crippen LogP contribution in [0.15, 0.2) is 24.3 Å². The van der Waals surface area contributed by atoms with Gasteiger partial charge in [0.1, 0.15) is 5.75 Å². The maximum absolute atomic E-state index is 12.2. The number of ether oxygens (including phenoxy) is 2. The second-order valence-corrected chi connectivity index (χ2v) is 3.89. The first kappa shape index (κ1) is 16.3. The summed E-state index contributed by atoms with van der Waals surface area (Å²) in [5.74, 6) is -0.594. The number of rotatable bonds is 7. The lowest BCUT2D eigenvalue weighted by Crippen LogP contribution is -2.21. The van der Waals surface area contributed by atoms with Gasteiger partial charge in [0, 0.05) is 18.7 Å². The zero-order chi connectivity index (χ0) is 15.0. The minimum Gasteiger partial charge on any atom is -0.466 e. The Bertz CT molecular complexity index is 435. The molecule has 1 N–H and O–H groups in total. The highest BCUT2D eigenvalue weighted by Gasteiger charge is 2.31. The Labute approximate surface area is 114 Å². The Kier molecular flexibility index (Phi) is 6.30. The summed E-state index contributed by atoms with van der Waals surface area (Å²) in [6.07, 6.45) is -4.56. The Morgan fingerprint density at radius 2 is 2.00 bits per heavy atom. The predicted molar refractivity (Wildman–Crippen MR) is 66.1 cm³/mol. The zero-order valence-electron chi connectivity index (χ0n) is 11.0. The van der Waals surface area contributed by atoms with E-state index in [0.29, 0.717) is 18.7 Å². The molecule has 1 rings (SSSR count). The van der Waals surface area contributed by atoms with Crippen LogP contribution in [0.5, 0.6) is 5.75 Å². The number of esters is 1. The summed E-state index contributed by atoms with van der Waals surface area (Å²) < 4.78 is 45.2. The van der Waals surface area contributed by atoms with Gasteiger partial charge in [0.15, 0.2) is 0 Å². The molecule has 0 bridgehead atoms. The highest BCUT2D eigenvalue weighted by Crippen LogP contribution is 2.25. The summed E-state index contributed by atoms with van der Waals surface area (Å²) in [6.45, 7) is 2.50. The Hall–Kier alpha value is -1.76. The topological polar surface area (TPSA) is 47.6 Å². The smallest absolute Gasteiger partial charge is 0.466 e. The number of benzene rings is 1. The quantitative estimate of drug-likeness (QED) is 0.619. The van der Waals surface area contributed by atoms with Crippen molar-refractivity contribution in [1.29, 1.82) is 0 Å². The van der Waals surface area contributed by atoms with E-state index in [0.717, 1.165) is 0 Å². The van der Waals surface area contributed by atoms with E-state index < -0.39 is 6.36 Å². The molecular formula is C13H16F3NO3. The average molecular weight is 291 g/mol. The lowest BCUT2D eigenvalue weighted by Gasteiger charge is -2.13. The molecule has 0 spiro atoms. The molecule has 0 aliphatic rings. The van der Waals surface area contributed by atoms with Crippen LogP contribution >= 0.6 is 0 Å². The highest BCUT2D eigenvalue weighted by atomic mass is 19.4. The minimum absolute atomic E-state index is 0.163. The number of carbonyl (C=O) groups is 1. The van der Waals surface area contributed by atoms with Crippen LogP contribution in [0.25, 0.3) is 0 Å². The monoisotopic (exact) mass is 291 g/mol. The fourth-order valence-corrected chi connectivity index (χ4v) is 1.52. The fourth-order valence-electron chi connectivity index (χ4n) is 1.52. The summed E-state index contributed by atoms with van der Waals surface area (Å²) in [4.78, 5) is 11.1. The Morgan fingerprint density at radius 3 is 2.65 bits per heavy atom. The number of halogens is 3. The fraction of sp³-hybridized carbons (Fsp3) is 0.462. The van der Waals surface area contributed by atoms with Crippen LogP contribution in [0.1, 0.15) is 18.9 Å². The second-order valence-electron chi connectivity index (χ2n) is 3.89. The number of hydrogen-bond donors (Lipinski definition) is 1.